The van der Waals surface area contributed by atoms with Crippen LogP contribution in [-0.2, 0) is 4.79 Å². The molecule has 2 aliphatic rings. The van der Waals surface area contributed by atoms with Crippen molar-refractivity contribution in [3.63, 3.8) is 0 Å². The third-order valence-electron chi connectivity index (χ3n) is 4.23. The maximum atomic E-state index is 12.9. The van der Waals surface area contributed by atoms with Gasteiger partial charge in [-0.2, -0.15) is 10.1 Å². The predicted molar refractivity (Wildman–Crippen MR) is 101 cm³/mol. The first kappa shape index (κ1) is 15.1. The molecule has 0 aliphatic carbocycles. The molecule has 0 saturated carbocycles. The van der Waals surface area contributed by atoms with Gasteiger partial charge in [-0.25, -0.2) is 4.98 Å². The fraction of sp³-hybridized carbons (Fsp3) is 0.105. The summed E-state index contributed by atoms with van der Waals surface area (Å²) in [6.45, 7) is 2.05. The number of ether oxygens (including phenoxy) is 2. The number of para-hydroxylation sites is 1. The number of aromatic nitrogens is 1. The van der Waals surface area contributed by atoms with Crippen molar-refractivity contribution in [3.05, 3.63) is 53.6 Å². The molecule has 0 radical (unpaired) electrons. The Balaban J connectivity index is 1.50. The van der Waals surface area contributed by atoms with Gasteiger partial charge < -0.3 is 9.47 Å². The molecule has 0 saturated heterocycles. The maximum absolute atomic E-state index is 12.9. The lowest BCUT2D eigenvalue weighted by molar-refractivity contribution is -0.114. The topological polar surface area (TPSA) is 64.0 Å². The number of anilines is 1. The maximum Gasteiger partial charge on any atom is 0.282 e. The van der Waals surface area contributed by atoms with Gasteiger partial charge in [-0.05, 0) is 42.8 Å². The summed E-state index contributed by atoms with van der Waals surface area (Å²) in [5, 5.41) is 6.36. The highest BCUT2D eigenvalue weighted by atomic mass is 32.1. The van der Waals surface area contributed by atoms with E-state index in [1.54, 1.807) is 0 Å². The van der Waals surface area contributed by atoms with Crippen molar-refractivity contribution in [3.8, 4) is 11.5 Å². The summed E-state index contributed by atoms with van der Waals surface area (Å²) in [6, 6.07) is 13.4. The molecule has 1 aromatic heterocycles. The second-order valence-electron chi connectivity index (χ2n) is 5.94. The fourth-order valence-electron chi connectivity index (χ4n) is 2.93. The van der Waals surface area contributed by atoms with Crippen LogP contribution < -0.4 is 14.5 Å². The van der Waals surface area contributed by atoms with Crippen LogP contribution in [-0.4, -0.2) is 23.4 Å². The van der Waals surface area contributed by atoms with Crippen LogP contribution in [0.15, 0.2) is 53.1 Å². The largest absolute Gasteiger partial charge is 0.454 e. The van der Waals surface area contributed by atoms with E-state index in [2.05, 4.69) is 10.1 Å². The van der Waals surface area contributed by atoms with Crippen molar-refractivity contribution in [2.75, 3.05) is 11.8 Å². The van der Waals surface area contributed by atoms with E-state index in [0.29, 0.717) is 27.9 Å². The summed E-state index contributed by atoms with van der Waals surface area (Å²) in [7, 11) is 0. The summed E-state index contributed by atoms with van der Waals surface area (Å²) in [4.78, 5) is 17.4. The lowest BCUT2D eigenvalue weighted by Gasteiger charge is -2.06. The number of thiazole rings is 1. The van der Waals surface area contributed by atoms with Crippen molar-refractivity contribution in [1.29, 1.82) is 0 Å². The molecule has 1 amide bonds. The Morgan fingerprint density at radius 2 is 2.00 bits per heavy atom. The zero-order valence-electron chi connectivity index (χ0n) is 13.8. The minimum absolute atomic E-state index is 0.181. The molecule has 0 fully saturated rings. The monoisotopic (exact) mass is 363 g/mol. The van der Waals surface area contributed by atoms with Crippen LogP contribution in [0.1, 0.15) is 12.5 Å². The van der Waals surface area contributed by atoms with Gasteiger partial charge in [-0.3, -0.25) is 4.79 Å². The number of carbonyl (C=O) groups excluding carboxylic acids is 1. The Morgan fingerprint density at radius 3 is 2.88 bits per heavy atom. The zero-order valence-corrected chi connectivity index (χ0v) is 14.6. The van der Waals surface area contributed by atoms with Crippen molar-refractivity contribution in [2.45, 2.75) is 6.92 Å². The summed E-state index contributed by atoms with van der Waals surface area (Å²) in [6.07, 6.45) is 1.82. The number of amides is 1. The predicted octanol–water partition coefficient (Wildman–Crippen LogP) is 3.83. The van der Waals surface area contributed by atoms with Gasteiger partial charge in [0.05, 0.1) is 21.5 Å². The van der Waals surface area contributed by atoms with E-state index < -0.39 is 0 Å². The van der Waals surface area contributed by atoms with Crippen LogP contribution >= 0.6 is 11.3 Å². The van der Waals surface area contributed by atoms with Crippen LogP contribution in [0.3, 0.4) is 0 Å². The molecule has 0 spiro atoms. The standard InChI is InChI=1S/C19H13N3O3S/c1-11-13(8-12-6-7-15-16(9-12)25-10-24-15)18(23)22(21-11)19-20-14-4-2-3-5-17(14)26-19/h2-9H,10H2,1H3/b13-8-. The first-order valence-corrected chi connectivity index (χ1v) is 8.88. The first-order chi connectivity index (χ1) is 12.7. The normalized spacial score (nSPS) is 17.4. The molecule has 5 rings (SSSR count). The van der Waals surface area contributed by atoms with Crippen LogP contribution in [0.2, 0.25) is 0 Å². The van der Waals surface area contributed by atoms with Gasteiger partial charge in [0.2, 0.25) is 11.9 Å². The summed E-state index contributed by atoms with van der Waals surface area (Å²) in [5.74, 6) is 1.22. The Hall–Kier alpha value is -3.19. The van der Waals surface area contributed by atoms with Crippen molar-refractivity contribution < 1.29 is 14.3 Å². The highest BCUT2D eigenvalue weighted by Crippen LogP contribution is 2.35. The zero-order chi connectivity index (χ0) is 17.7. The smallest absolute Gasteiger partial charge is 0.282 e. The van der Waals surface area contributed by atoms with Crippen molar-refractivity contribution in [2.24, 2.45) is 5.10 Å². The third kappa shape index (κ3) is 2.36. The SMILES string of the molecule is CC1=NN(c2nc3ccccc3s2)C(=O)/C1=C\c1ccc2c(c1)OCO2. The van der Waals surface area contributed by atoms with Gasteiger partial charge in [-0.15, -0.1) is 0 Å². The van der Waals surface area contributed by atoms with Gasteiger partial charge in [0, 0.05) is 0 Å². The Labute approximate surface area is 153 Å². The number of hydrogen-bond donors (Lipinski definition) is 0. The second kappa shape index (κ2) is 5.67. The lowest BCUT2D eigenvalue weighted by Crippen LogP contribution is -2.21. The van der Waals surface area contributed by atoms with E-state index in [9.17, 15) is 4.79 Å². The number of nitrogens with zero attached hydrogens (tertiary/aromatic N) is 3. The van der Waals surface area contributed by atoms with E-state index in [-0.39, 0.29) is 12.7 Å². The first-order valence-electron chi connectivity index (χ1n) is 8.06. The molecule has 0 atom stereocenters. The van der Waals surface area contributed by atoms with Crippen molar-refractivity contribution in [1.82, 2.24) is 4.98 Å². The summed E-state index contributed by atoms with van der Waals surface area (Å²) in [5.41, 5.74) is 2.93. The number of fused-ring (bicyclic) bond motifs is 2. The number of hydrazone groups is 1. The Kier molecular flexibility index (Phi) is 3.29. The molecule has 0 bridgehead atoms. The van der Waals surface area contributed by atoms with E-state index in [1.165, 1.54) is 16.3 Å². The molecule has 3 aromatic rings. The molecule has 128 valence electrons. The van der Waals surface area contributed by atoms with Crippen molar-refractivity contribution >= 4 is 44.4 Å². The van der Waals surface area contributed by atoms with Gasteiger partial charge in [-0.1, -0.05) is 29.5 Å². The summed E-state index contributed by atoms with van der Waals surface area (Å²) < 4.78 is 11.7. The molecule has 0 N–H and O–H groups in total. The lowest BCUT2D eigenvalue weighted by atomic mass is 10.1. The van der Waals surface area contributed by atoms with Gasteiger partial charge in [0.25, 0.3) is 5.91 Å². The fourth-order valence-corrected chi connectivity index (χ4v) is 3.85. The van der Waals surface area contributed by atoms with E-state index in [0.717, 1.165) is 15.8 Å². The molecule has 26 heavy (non-hydrogen) atoms. The Morgan fingerprint density at radius 1 is 1.15 bits per heavy atom. The van der Waals surface area contributed by atoms with Crippen LogP contribution in [0.5, 0.6) is 11.5 Å². The van der Waals surface area contributed by atoms with Gasteiger partial charge in [0.1, 0.15) is 0 Å². The van der Waals surface area contributed by atoms with Crippen LogP contribution in [0.25, 0.3) is 16.3 Å². The Bertz CT molecular complexity index is 1080. The average Bonchev–Trinajstić information content (AvgIpc) is 3.34. The van der Waals surface area contributed by atoms with E-state index in [4.69, 9.17) is 9.47 Å². The highest BCUT2D eigenvalue weighted by molar-refractivity contribution is 7.22. The quantitative estimate of drug-likeness (QED) is 0.649. The molecule has 3 heterocycles. The second-order valence-corrected chi connectivity index (χ2v) is 6.95. The van der Waals surface area contributed by atoms with Crippen LogP contribution in [0.4, 0.5) is 5.13 Å². The minimum atomic E-state index is -0.181. The van der Waals surface area contributed by atoms with Gasteiger partial charge >= 0.3 is 0 Å². The molecule has 2 aliphatic heterocycles. The third-order valence-corrected chi connectivity index (χ3v) is 5.25. The molecular weight excluding hydrogens is 350 g/mol. The average molecular weight is 363 g/mol. The molecule has 0 unspecified atom stereocenters. The van der Waals surface area contributed by atoms with E-state index in [1.807, 2.05) is 55.5 Å². The number of carbonyl (C=O) groups is 1. The van der Waals surface area contributed by atoms with Crippen LogP contribution in [0, 0.1) is 0 Å². The molecule has 2 aromatic carbocycles. The number of hydrogen-bond acceptors (Lipinski definition) is 6. The number of rotatable bonds is 2. The highest BCUT2D eigenvalue weighted by Gasteiger charge is 2.31. The molecular formula is C19H13N3O3S. The van der Waals surface area contributed by atoms with Gasteiger partial charge in [0.15, 0.2) is 11.5 Å². The number of benzene rings is 2. The van der Waals surface area contributed by atoms with E-state index >= 15 is 0 Å². The minimum Gasteiger partial charge on any atom is -0.454 e. The molecule has 7 heteroatoms. The summed E-state index contributed by atoms with van der Waals surface area (Å²) >= 11 is 1.45. The molecule has 6 nitrogen and oxygen atoms in total.